The van der Waals surface area contributed by atoms with Crippen LogP contribution in [0.25, 0.3) is 0 Å². The Labute approximate surface area is 162 Å². The van der Waals surface area contributed by atoms with Gasteiger partial charge in [0.15, 0.2) is 0 Å². The number of likely N-dealkylation sites (tertiary alicyclic amines) is 1. The summed E-state index contributed by atoms with van der Waals surface area (Å²) >= 11 is 5.65. The van der Waals surface area contributed by atoms with Gasteiger partial charge in [0.25, 0.3) is 0 Å². The number of hydrogen-bond donors (Lipinski definition) is 0. The van der Waals surface area contributed by atoms with Crippen LogP contribution in [0, 0.1) is 0 Å². The fourth-order valence-electron chi connectivity index (χ4n) is 4.27. The van der Waals surface area contributed by atoms with E-state index in [2.05, 4.69) is 33.0 Å². The minimum absolute atomic E-state index is 0.178. The molecule has 1 saturated heterocycles. The molecule has 0 aromatic heterocycles. The SMILES string of the molecule is CC(C)(C)OC(=O)N1CC[C@@H]2[C@H](C1)c1cc(Br)cc3c1N2CCCS3. The lowest BCUT2D eigenvalue weighted by molar-refractivity contribution is 0.0189. The number of carbonyl (C=O) groups is 1. The Kier molecular flexibility index (Phi) is 4.47. The van der Waals surface area contributed by atoms with Crippen molar-refractivity contribution in [3.8, 4) is 0 Å². The minimum atomic E-state index is -0.443. The Morgan fingerprint density at radius 1 is 1.32 bits per heavy atom. The maximum absolute atomic E-state index is 12.5. The van der Waals surface area contributed by atoms with Crippen LogP contribution in [0.3, 0.4) is 0 Å². The van der Waals surface area contributed by atoms with Gasteiger partial charge in [0.2, 0.25) is 0 Å². The normalized spacial score (nSPS) is 25.3. The number of benzene rings is 1. The molecule has 0 radical (unpaired) electrons. The third-order valence-electron chi connectivity index (χ3n) is 5.19. The highest BCUT2D eigenvalue weighted by Crippen LogP contribution is 2.51. The maximum atomic E-state index is 12.5. The van der Waals surface area contributed by atoms with E-state index in [-0.39, 0.29) is 6.09 Å². The van der Waals surface area contributed by atoms with Crippen LogP contribution in [0.4, 0.5) is 10.5 Å². The summed E-state index contributed by atoms with van der Waals surface area (Å²) in [6, 6.07) is 5.03. The van der Waals surface area contributed by atoms with Gasteiger partial charge in [-0.15, -0.1) is 11.8 Å². The van der Waals surface area contributed by atoms with E-state index in [4.69, 9.17) is 4.74 Å². The average molecular weight is 425 g/mol. The van der Waals surface area contributed by atoms with E-state index in [0.29, 0.717) is 12.0 Å². The summed E-state index contributed by atoms with van der Waals surface area (Å²) in [5, 5.41) is 0. The summed E-state index contributed by atoms with van der Waals surface area (Å²) in [5.74, 6) is 1.56. The van der Waals surface area contributed by atoms with Crippen LogP contribution < -0.4 is 4.90 Å². The molecule has 0 spiro atoms. The predicted molar refractivity (Wildman–Crippen MR) is 106 cm³/mol. The molecule has 1 aromatic rings. The van der Waals surface area contributed by atoms with Crippen molar-refractivity contribution in [2.75, 3.05) is 30.3 Å². The molecule has 0 N–H and O–H groups in total. The minimum Gasteiger partial charge on any atom is -0.444 e. The fourth-order valence-corrected chi connectivity index (χ4v) is 5.97. The Morgan fingerprint density at radius 2 is 2.12 bits per heavy atom. The van der Waals surface area contributed by atoms with E-state index in [1.165, 1.54) is 28.3 Å². The number of amides is 1. The van der Waals surface area contributed by atoms with Crippen molar-refractivity contribution in [1.29, 1.82) is 0 Å². The number of hydrogen-bond acceptors (Lipinski definition) is 4. The molecule has 25 heavy (non-hydrogen) atoms. The Morgan fingerprint density at radius 3 is 2.88 bits per heavy atom. The first-order valence-corrected chi connectivity index (χ1v) is 10.8. The number of anilines is 1. The summed E-state index contributed by atoms with van der Waals surface area (Å²) in [5.41, 5.74) is 2.38. The van der Waals surface area contributed by atoms with E-state index >= 15 is 0 Å². The molecule has 3 aliphatic heterocycles. The Balaban J connectivity index is 1.64. The lowest BCUT2D eigenvalue weighted by atomic mass is 9.89. The van der Waals surface area contributed by atoms with Crippen molar-refractivity contribution in [1.82, 2.24) is 4.90 Å². The monoisotopic (exact) mass is 424 g/mol. The maximum Gasteiger partial charge on any atom is 0.410 e. The van der Waals surface area contributed by atoms with Crippen LogP contribution in [-0.4, -0.2) is 48.0 Å². The Hall–Kier alpha value is -0.880. The summed E-state index contributed by atoms with van der Waals surface area (Å²) in [7, 11) is 0. The van der Waals surface area contributed by atoms with E-state index in [1.807, 2.05) is 37.4 Å². The van der Waals surface area contributed by atoms with Crippen LogP contribution in [0.15, 0.2) is 21.5 Å². The number of piperidine rings is 1. The van der Waals surface area contributed by atoms with E-state index in [9.17, 15) is 4.79 Å². The third kappa shape index (κ3) is 3.27. The smallest absolute Gasteiger partial charge is 0.410 e. The van der Waals surface area contributed by atoms with E-state index in [0.717, 1.165) is 30.5 Å². The Bertz CT molecular complexity index is 703. The average Bonchev–Trinajstić information content (AvgIpc) is 2.68. The molecule has 0 aliphatic carbocycles. The highest BCUT2D eigenvalue weighted by Gasteiger charge is 2.45. The molecule has 1 amide bonds. The summed E-state index contributed by atoms with van der Waals surface area (Å²) in [6.07, 6.45) is 2.05. The first-order chi connectivity index (χ1) is 11.8. The van der Waals surface area contributed by atoms with Gasteiger partial charge in [-0.2, -0.15) is 0 Å². The second-order valence-corrected chi connectivity index (χ2v) is 10.2. The molecule has 4 rings (SSSR count). The van der Waals surface area contributed by atoms with Gasteiger partial charge < -0.3 is 14.5 Å². The van der Waals surface area contributed by atoms with Crippen molar-refractivity contribution in [2.45, 2.75) is 56.1 Å². The first-order valence-electron chi connectivity index (χ1n) is 9.04. The summed E-state index contributed by atoms with van der Waals surface area (Å²) in [6.45, 7) is 8.45. The van der Waals surface area contributed by atoms with Crippen molar-refractivity contribution in [3.05, 3.63) is 22.2 Å². The molecule has 3 aliphatic rings. The molecular formula is C19H25BrN2O2S. The van der Waals surface area contributed by atoms with E-state index in [1.54, 1.807) is 0 Å². The number of carbonyl (C=O) groups excluding carboxylic acids is 1. The van der Waals surface area contributed by atoms with Gasteiger partial charge in [0.1, 0.15) is 5.60 Å². The first kappa shape index (κ1) is 17.5. The van der Waals surface area contributed by atoms with Crippen LogP contribution >= 0.6 is 27.7 Å². The number of halogens is 1. The van der Waals surface area contributed by atoms with Crippen molar-refractivity contribution < 1.29 is 9.53 Å². The molecule has 6 heteroatoms. The van der Waals surface area contributed by atoms with Crippen molar-refractivity contribution in [3.63, 3.8) is 0 Å². The predicted octanol–water partition coefficient (Wildman–Crippen LogP) is 4.86. The number of nitrogens with zero attached hydrogens (tertiary/aromatic N) is 2. The third-order valence-corrected chi connectivity index (χ3v) is 6.76. The van der Waals surface area contributed by atoms with Gasteiger partial charge >= 0.3 is 6.09 Å². The largest absolute Gasteiger partial charge is 0.444 e. The van der Waals surface area contributed by atoms with Crippen LogP contribution in [0.1, 0.15) is 45.1 Å². The molecule has 2 atom stereocenters. The van der Waals surface area contributed by atoms with Crippen LogP contribution in [0.2, 0.25) is 0 Å². The van der Waals surface area contributed by atoms with Gasteiger partial charge in [0.05, 0.1) is 5.69 Å². The number of fused-ring (bicyclic) bond motifs is 3. The van der Waals surface area contributed by atoms with E-state index < -0.39 is 5.60 Å². The van der Waals surface area contributed by atoms with Gasteiger partial charge in [-0.1, -0.05) is 15.9 Å². The topological polar surface area (TPSA) is 32.8 Å². The van der Waals surface area contributed by atoms with Crippen molar-refractivity contribution in [2.24, 2.45) is 0 Å². The number of thioether (sulfide) groups is 1. The molecule has 0 saturated carbocycles. The second kappa shape index (κ2) is 6.38. The van der Waals surface area contributed by atoms with Gasteiger partial charge in [-0.05, 0) is 57.1 Å². The lowest BCUT2D eigenvalue weighted by Crippen LogP contribution is -2.49. The van der Waals surface area contributed by atoms with Gasteiger partial charge in [-0.25, -0.2) is 4.79 Å². The molecule has 0 unspecified atom stereocenters. The molecule has 136 valence electrons. The zero-order chi connectivity index (χ0) is 17.8. The quantitative estimate of drug-likeness (QED) is 0.595. The standard InChI is InChI=1S/C19H25BrN2O2S/c1-19(2,3)24-18(23)21-7-5-15-14(11-21)13-9-12(20)10-16-17(13)22(15)6-4-8-25-16/h9-10,14-15H,4-8,11H2,1-3H3/t14-,15-/m1/s1. The summed E-state index contributed by atoms with van der Waals surface area (Å²) < 4.78 is 6.75. The molecule has 4 nitrogen and oxygen atoms in total. The lowest BCUT2D eigenvalue weighted by Gasteiger charge is -2.39. The molecular weight excluding hydrogens is 400 g/mol. The van der Waals surface area contributed by atoms with Gasteiger partial charge in [-0.3, -0.25) is 0 Å². The summed E-state index contributed by atoms with van der Waals surface area (Å²) in [4.78, 5) is 18.5. The van der Waals surface area contributed by atoms with Crippen molar-refractivity contribution >= 4 is 39.5 Å². The molecule has 3 heterocycles. The zero-order valence-corrected chi connectivity index (χ0v) is 17.5. The molecule has 1 fully saturated rings. The fraction of sp³-hybridized carbons (Fsp3) is 0.632. The number of ether oxygens (including phenoxy) is 1. The highest BCUT2D eigenvalue weighted by atomic mass is 79.9. The second-order valence-electron chi connectivity index (χ2n) is 8.13. The highest BCUT2D eigenvalue weighted by molar-refractivity contribution is 9.10. The molecule has 1 aromatic carbocycles. The van der Waals surface area contributed by atoms with Crippen LogP contribution in [-0.2, 0) is 4.74 Å². The van der Waals surface area contributed by atoms with Crippen LogP contribution in [0.5, 0.6) is 0 Å². The van der Waals surface area contributed by atoms with Gasteiger partial charge in [0, 0.05) is 41.0 Å². The molecule has 0 bridgehead atoms. The zero-order valence-electron chi connectivity index (χ0n) is 15.0. The number of rotatable bonds is 0.